The van der Waals surface area contributed by atoms with E-state index in [4.69, 9.17) is 9.95 Å². The molecule has 3 aromatic rings. The minimum Gasteiger partial charge on any atom is -0.508 e. The van der Waals surface area contributed by atoms with Crippen molar-refractivity contribution in [1.82, 2.24) is 0 Å². The zero-order valence-electron chi connectivity index (χ0n) is 16.3. The van der Waals surface area contributed by atoms with Crippen LogP contribution in [0.4, 0.5) is 0 Å². The molecule has 0 aliphatic rings. The first-order valence-corrected chi connectivity index (χ1v) is 8.90. The summed E-state index contributed by atoms with van der Waals surface area (Å²) >= 11 is 0. The Labute approximate surface area is 170 Å². The highest BCUT2D eigenvalue weighted by Gasteiger charge is 2.19. The molecule has 0 saturated carbocycles. The molecule has 30 heavy (non-hydrogen) atoms. The van der Waals surface area contributed by atoms with E-state index in [1.54, 1.807) is 0 Å². The number of rotatable bonds is 4. The summed E-state index contributed by atoms with van der Waals surface area (Å²) in [6.07, 6.45) is 0.990. The Morgan fingerprint density at radius 3 is 2.33 bits per heavy atom. The number of benzene rings is 2. The predicted molar refractivity (Wildman–Crippen MR) is 110 cm³/mol. The van der Waals surface area contributed by atoms with Crippen LogP contribution in [0.2, 0.25) is 0 Å². The number of phenols is 4. The largest absolute Gasteiger partial charge is 0.508 e. The lowest BCUT2D eigenvalue weighted by Crippen LogP contribution is -2.02. The maximum absolute atomic E-state index is 12.1. The van der Waals surface area contributed by atoms with Crippen LogP contribution in [0, 0.1) is 5.92 Å². The molecule has 1 aromatic heterocycles. The predicted octanol–water partition coefficient (Wildman–Crippen LogP) is 4.33. The van der Waals surface area contributed by atoms with Crippen LogP contribution in [0.25, 0.3) is 32.7 Å². The van der Waals surface area contributed by atoms with Gasteiger partial charge >= 0.3 is 0 Å². The molecule has 0 fully saturated rings. The number of phenolic OH excluding ortho intramolecular Hbond substituents is 4. The fourth-order valence-electron chi connectivity index (χ4n) is 2.50. The summed E-state index contributed by atoms with van der Waals surface area (Å²) in [5.41, 5.74) is 6.95. The molecule has 10 nitrogen and oxygen atoms in total. The molecule has 1 heterocycles. The fraction of sp³-hybridized carbons (Fsp3) is 0.250. The molecule has 5 N–H and O–H groups in total. The smallest absolute Gasteiger partial charge is 0.238 e. The molecule has 0 amide bonds. The Balaban J connectivity index is 0.000000343. The van der Waals surface area contributed by atoms with Crippen LogP contribution in [-0.4, -0.2) is 32.1 Å². The van der Waals surface area contributed by atoms with Gasteiger partial charge in [0.25, 0.3) is 0 Å². The summed E-state index contributed by atoms with van der Waals surface area (Å²) in [5.74, 6) is -2.07. The van der Waals surface area contributed by atoms with Crippen molar-refractivity contribution < 1.29 is 29.9 Å². The topological polar surface area (TPSA) is 180 Å². The molecule has 2 aromatic carbocycles. The minimum atomic E-state index is -0.888. The van der Waals surface area contributed by atoms with Crippen LogP contribution in [0.3, 0.4) is 0 Å². The number of hydrogen-bond donors (Lipinski definition) is 5. The Morgan fingerprint density at radius 1 is 1.03 bits per heavy atom. The highest BCUT2D eigenvalue weighted by Crippen LogP contribution is 2.37. The third kappa shape index (κ3) is 5.06. The van der Waals surface area contributed by atoms with Crippen molar-refractivity contribution >= 4 is 11.0 Å². The van der Waals surface area contributed by atoms with Crippen molar-refractivity contribution in [3.8, 4) is 40.1 Å². The molecule has 0 saturated heterocycles. The summed E-state index contributed by atoms with van der Waals surface area (Å²) < 4.78 is 5.35. The lowest BCUT2D eigenvalue weighted by atomic mass is 10.1. The van der Waals surface area contributed by atoms with Crippen LogP contribution < -0.4 is 5.43 Å². The van der Waals surface area contributed by atoms with Gasteiger partial charge < -0.3 is 29.9 Å². The fourth-order valence-corrected chi connectivity index (χ4v) is 2.50. The summed E-state index contributed by atoms with van der Waals surface area (Å²) in [6, 6.07) is 5.64. The van der Waals surface area contributed by atoms with Gasteiger partial charge in [0.1, 0.15) is 22.5 Å². The SMILES string of the molecule is CC(C)CCN=[N+]=[N-].O=c1c(O)c(-c2ccc(O)c(O)c2)oc2cc(O)cc(O)c12. The van der Waals surface area contributed by atoms with Gasteiger partial charge in [-0.1, -0.05) is 19.0 Å². The second-order valence-electron chi connectivity index (χ2n) is 6.79. The van der Waals surface area contributed by atoms with Crippen LogP contribution in [0.15, 0.2) is 44.7 Å². The van der Waals surface area contributed by atoms with E-state index in [0.29, 0.717) is 12.5 Å². The van der Waals surface area contributed by atoms with Gasteiger partial charge in [-0.2, -0.15) is 0 Å². The second-order valence-corrected chi connectivity index (χ2v) is 6.79. The molecule has 0 aliphatic carbocycles. The van der Waals surface area contributed by atoms with E-state index >= 15 is 0 Å². The third-order valence-electron chi connectivity index (χ3n) is 4.04. The first kappa shape index (κ1) is 22.3. The Hall–Kier alpha value is -4.04. The molecule has 0 unspecified atom stereocenters. The van der Waals surface area contributed by atoms with Gasteiger partial charge in [-0.05, 0) is 36.1 Å². The number of azide groups is 1. The third-order valence-corrected chi connectivity index (χ3v) is 4.04. The summed E-state index contributed by atoms with van der Waals surface area (Å²) in [4.78, 5) is 14.8. The van der Waals surface area contributed by atoms with Crippen LogP contribution in [0.5, 0.6) is 28.7 Å². The van der Waals surface area contributed by atoms with E-state index in [2.05, 4.69) is 23.9 Å². The van der Waals surface area contributed by atoms with Crippen LogP contribution in [-0.2, 0) is 0 Å². The standard InChI is InChI=1S/C15H10O7.C5H11N3/c16-7-4-10(19)12-11(5-7)22-15(14(21)13(12)20)6-1-2-8(17)9(18)3-6;1-5(2)3-4-7-8-6/h1-5,16-19,21H;5H,3-4H2,1-2H3. The maximum Gasteiger partial charge on any atom is 0.238 e. The highest BCUT2D eigenvalue weighted by molar-refractivity contribution is 5.88. The molecular formula is C20H21N3O7. The normalized spacial score (nSPS) is 10.4. The van der Waals surface area contributed by atoms with E-state index in [1.165, 1.54) is 6.07 Å². The molecule has 0 atom stereocenters. The zero-order valence-corrected chi connectivity index (χ0v) is 16.3. The van der Waals surface area contributed by atoms with Crippen molar-refractivity contribution in [2.45, 2.75) is 20.3 Å². The van der Waals surface area contributed by atoms with Gasteiger partial charge in [0, 0.05) is 29.2 Å². The van der Waals surface area contributed by atoms with Crippen molar-refractivity contribution in [3.05, 3.63) is 51.0 Å². The first-order valence-electron chi connectivity index (χ1n) is 8.90. The maximum atomic E-state index is 12.1. The van der Waals surface area contributed by atoms with Crippen molar-refractivity contribution in [2.24, 2.45) is 11.0 Å². The van der Waals surface area contributed by atoms with Gasteiger partial charge in [0.2, 0.25) is 11.2 Å². The summed E-state index contributed by atoms with van der Waals surface area (Å²) in [5, 5.41) is 51.0. The van der Waals surface area contributed by atoms with Gasteiger partial charge in [-0.3, -0.25) is 4.79 Å². The van der Waals surface area contributed by atoms with E-state index in [-0.39, 0.29) is 33.8 Å². The lowest BCUT2D eigenvalue weighted by Gasteiger charge is -2.08. The molecule has 10 heteroatoms. The van der Waals surface area contributed by atoms with E-state index < -0.39 is 22.7 Å². The number of aromatic hydroxyl groups is 5. The summed E-state index contributed by atoms with van der Waals surface area (Å²) in [6.45, 7) is 4.84. The van der Waals surface area contributed by atoms with Gasteiger partial charge in [-0.15, -0.1) is 0 Å². The van der Waals surface area contributed by atoms with Gasteiger partial charge in [-0.25, -0.2) is 0 Å². The molecule has 0 spiro atoms. The lowest BCUT2D eigenvalue weighted by molar-refractivity contribution is 0.403. The van der Waals surface area contributed by atoms with E-state index in [1.807, 2.05) is 0 Å². The van der Waals surface area contributed by atoms with Gasteiger partial charge in [0.05, 0.1) is 0 Å². The van der Waals surface area contributed by atoms with Crippen LogP contribution in [0.1, 0.15) is 20.3 Å². The molecular weight excluding hydrogens is 394 g/mol. The number of hydrogen-bond acceptors (Lipinski definition) is 8. The Bertz CT molecular complexity index is 1170. The summed E-state index contributed by atoms with van der Waals surface area (Å²) in [7, 11) is 0. The molecule has 158 valence electrons. The van der Waals surface area contributed by atoms with Crippen molar-refractivity contribution in [2.75, 3.05) is 6.54 Å². The molecule has 3 rings (SSSR count). The first-order chi connectivity index (χ1) is 14.1. The second kappa shape index (κ2) is 9.44. The van der Waals surface area contributed by atoms with Gasteiger partial charge in [0.15, 0.2) is 17.3 Å². The number of fused-ring (bicyclic) bond motifs is 1. The molecule has 0 radical (unpaired) electrons. The van der Waals surface area contributed by atoms with Crippen molar-refractivity contribution in [1.29, 1.82) is 0 Å². The molecule has 0 bridgehead atoms. The Morgan fingerprint density at radius 2 is 1.73 bits per heavy atom. The highest BCUT2D eigenvalue weighted by atomic mass is 16.4. The van der Waals surface area contributed by atoms with E-state index in [9.17, 15) is 30.3 Å². The zero-order chi connectivity index (χ0) is 22.4. The monoisotopic (exact) mass is 415 g/mol. The minimum absolute atomic E-state index is 0.134. The molecule has 0 aliphatic heterocycles. The average Bonchev–Trinajstić information content (AvgIpc) is 2.67. The Kier molecular flexibility index (Phi) is 7.00. The number of nitrogens with zero attached hydrogens (tertiary/aromatic N) is 3. The van der Waals surface area contributed by atoms with E-state index in [0.717, 1.165) is 30.7 Å². The van der Waals surface area contributed by atoms with Crippen LogP contribution >= 0.6 is 0 Å². The average molecular weight is 415 g/mol. The van der Waals surface area contributed by atoms with Crippen molar-refractivity contribution in [3.63, 3.8) is 0 Å². The quantitative estimate of drug-likeness (QED) is 0.182.